The molecule has 3 N–H and O–H groups in total. The standard InChI is InChI=1S/C11H14N2O3/c1-2-6-12-10(15)11(16)13-8-4-3-5-9(14)7-8/h3-5,7,14H,2,6H2,1H3,(H,12,15)(H,13,16). The molecule has 2 amide bonds. The number of phenols is 1. The molecule has 1 aromatic rings. The fourth-order valence-corrected chi connectivity index (χ4v) is 1.09. The fourth-order valence-electron chi connectivity index (χ4n) is 1.09. The Balaban J connectivity index is 2.54. The largest absolute Gasteiger partial charge is 0.508 e. The summed E-state index contributed by atoms with van der Waals surface area (Å²) in [6.07, 6.45) is 0.769. The summed E-state index contributed by atoms with van der Waals surface area (Å²) in [5.41, 5.74) is 0.386. The van der Waals surface area contributed by atoms with E-state index in [1.807, 2.05) is 6.92 Å². The maximum Gasteiger partial charge on any atom is 0.313 e. The first kappa shape index (κ1) is 12.0. The van der Waals surface area contributed by atoms with Gasteiger partial charge in [0.15, 0.2) is 0 Å². The van der Waals surface area contributed by atoms with Crippen LogP contribution in [0.5, 0.6) is 5.75 Å². The second-order valence-corrected chi connectivity index (χ2v) is 3.26. The lowest BCUT2D eigenvalue weighted by Crippen LogP contribution is -2.35. The molecule has 0 bridgehead atoms. The van der Waals surface area contributed by atoms with E-state index >= 15 is 0 Å². The van der Waals surface area contributed by atoms with Crippen LogP contribution in [0, 0.1) is 0 Å². The highest BCUT2D eigenvalue weighted by atomic mass is 16.3. The van der Waals surface area contributed by atoms with Crippen LogP contribution >= 0.6 is 0 Å². The number of nitrogens with one attached hydrogen (secondary N) is 2. The van der Waals surface area contributed by atoms with Gasteiger partial charge in [0.25, 0.3) is 0 Å². The number of rotatable bonds is 3. The number of carbonyl (C=O) groups excluding carboxylic acids is 2. The van der Waals surface area contributed by atoms with Crippen molar-refractivity contribution in [1.82, 2.24) is 5.32 Å². The van der Waals surface area contributed by atoms with E-state index in [0.29, 0.717) is 12.2 Å². The molecule has 0 spiro atoms. The molecule has 86 valence electrons. The van der Waals surface area contributed by atoms with Gasteiger partial charge in [-0.25, -0.2) is 0 Å². The average molecular weight is 222 g/mol. The van der Waals surface area contributed by atoms with Gasteiger partial charge in [-0.1, -0.05) is 13.0 Å². The van der Waals surface area contributed by atoms with Gasteiger partial charge in [0.1, 0.15) is 5.75 Å². The number of benzene rings is 1. The van der Waals surface area contributed by atoms with E-state index < -0.39 is 11.8 Å². The zero-order chi connectivity index (χ0) is 12.0. The van der Waals surface area contributed by atoms with Gasteiger partial charge in [-0.15, -0.1) is 0 Å². The molecule has 16 heavy (non-hydrogen) atoms. The minimum atomic E-state index is -0.737. The third-order valence-corrected chi connectivity index (χ3v) is 1.85. The number of anilines is 1. The van der Waals surface area contributed by atoms with Crippen LogP contribution in [0.25, 0.3) is 0 Å². The van der Waals surface area contributed by atoms with Crippen LogP contribution < -0.4 is 10.6 Å². The van der Waals surface area contributed by atoms with Gasteiger partial charge >= 0.3 is 11.8 Å². The van der Waals surface area contributed by atoms with Crippen molar-refractivity contribution < 1.29 is 14.7 Å². The SMILES string of the molecule is CCCNC(=O)C(=O)Nc1cccc(O)c1. The summed E-state index contributed by atoms with van der Waals surface area (Å²) in [5, 5.41) is 14.0. The van der Waals surface area contributed by atoms with E-state index in [4.69, 9.17) is 5.11 Å². The molecule has 0 aliphatic rings. The number of aromatic hydroxyl groups is 1. The molecule has 1 rings (SSSR count). The highest BCUT2D eigenvalue weighted by Crippen LogP contribution is 2.14. The summed E-state index contributed by atoms with van der Waals surface area (Å²) in [7, 11) is 0. The Labute approximate surface area is 93.5 Å². The van der Waals surface area contributed by atoms with Crippen molar-refractivity contribution in [3.63, 3.8) is 0 Å². The van der Waals surface area contributed by atoms with Crippen LogP contribution in [0.3, 0.4) is 0 Å². The Morgan fingerprint density at radius 3 is 2.69 bits per heavy atom. The molecule has 0 atom stereocenters. The predicted octanol–water partition coefficient (Wildman–Crippen LogP) is 0.857. The third kappa shape index (κ3) is 3.61. The first-order chi connectivity index (χ1) is 7.63. The molecular weight excluding hydrogens is 208 g/mol. The molecular formula is C11H14N2O3. The highest BCUT2D eigenvalue weighted by molar-refractivity contribution is 6.39. The molecule has 0 aliphatic heterocycles. The van der Waals surface area contributed by atoms with Gasteiger partial charge in [-0.2, -0.15) is 0 Å². The monoisotopic (exact) mass is 222 g/mol. The lowest BCUT2D eigenvalue weighted by Gasteiger charge is -2.05. The van der Waals surface area contributed by atoms with E-state index in [1.165, 1.54) is 12.1 Å². The summed E-state index contributed by atoms with van der Waals surface area (Å²) in [4.78, 5) is 22.5. The maximum atomic E-state index is 11.3. The Kier molecular flexibility index (Phi) is 4.32. The van der Waals surface area contributed by atoms with Gasteiger partial charge in [-0.3, -0.25) is 9.59 Å². The van der Waals surface area contributed by atoms with Crippen molar-refractivity contribution >= 4 is 17.5 Å². The van der Waals surface area contributed by atoms with Gasteiger partial charge in [0, 0.05) is 18.3 Å². The van der Waals surface area contributed by atoms with Crippen molar-refractivity contribution in [2.45, 2.75) is 13.3 Å². The summed E-state index contributed by atoms with van der Waals surface area (Å²) in [5.74, 6) is -1.38. The predicted molar refractivity (Wildman–Crippen MR) is 60.0 cm³/mol. The molecule has 5 heteroatoms. The van der Waals surface area contributed by atoms with Crippen LogP contribution in [-0.4, -0.2) is 23.5 Å². The van der Waals surface area contributed by atoms with Crippen LogP contribution in [0.4, 0.5) is 5.69 Å². The smallest absolute Gasteiger partial charge is 0.313 e. The second kappa shape index (κ2) is 5.75. The Bertz CT molecular complexity index is 391. The first-order valence-corrected chi connectivity index (χ1v) is 5.01. The van der Waals surface area contributed by atoms with Crippen molar-refractivity contribution in [3.8, 4) is 5.75 Å². The number of hydrogen-bond acceptors (Lipinski definition) is 3. The summed E-state index contributed by atoms with van der Waals surface area (Å²) in [6.45, 7) is 2.36. The molecule has 0 unspecified atom stereocenters. The third-order valence-electron chi connectivity index (χ3n) is 1.85. The van der Waals surface area contributed by atoms with Crippen molar-refractivity contribution in [2.24, 2.45) is 0 Å². The molecule has 0 heterocycles. The molecule has 0 aromatic heterocycles. The van der Waals surface area contributed by atoms with Gasteiger partial charge in [0.05, 0.1) is 0 Å². The zero-order valence-electron chi connectivity index (χ0n) is 8.99. The minimum absolute atomic E-state index is 0.0340. The molecule has 0 saturated heterocycles. The summed E-state index contributed by atoms with van der Waals surface area (Å²) < 4.78 is 0. The molecule has 0 radical (unpaired) electrons. The number of hydrogen-bond donors (Lipinski definition) is 3. The summed E-state index contributed by atoms with van der Waals surface area (Å²) in [6, 6.07) is 6.01. The number of carbonyl (C=O) groups is 2. The topological polar surface area (TPSA) is 78.4 Å². The van der Waals surface area contributed by atoms with Gasteiger partial charge in [-0.05, 0) is 18.6 Å². The molecule has 0 saturated carbocycles. The Morgan fingerprint density at radius 1 is 1.31 bits per heavy atom. The van der Waals surface area contributed by atoms with Crippen molar-refractivity contribution in [1.29, 1.82) is 0 Å². The van der Waals surface area contributed by atoms with Crippen LogP contribution in [-0.2, 0) is 9.59 Å². The molecule has 1 aromatic carbocycles. The van der Waals surface area contributed by atoms with E-state index in [1.54, 1.807) is 12.1 Å². The van der Waals surface area contributed by atoms with Crippen LogP contribution in [0.1, 0.15) is 13.3 Å². The molecule has 0 fully saturated rings. The van der Waals surface area contributed by atoms with Crippen LogP contribution in [0.15, 0.2) is 24.3 Å². The normalized spacial score (nSPS) is 9.56. The average Bonchev–Trinajstić information content (AvgIpc) is 2.25. The Hall–Kier alpha value is -2.04. The van der Waals surface area contributed by atoms with E-state index in [2.05, 4.69) is 10.6 Å². The summed E-state index contributed by atoms with van der Waals surface area (Å²) >= 11 is 0. The lowest BCUT2D eigenvalue weighted by molar-refractivity contribution is -0.136. The van der Waals surface area contributed by atoms with Crippen molar-refractivity contribution in [3.05, 3.63) is 24.3 Å². The highest BCUT2D eigenvalue weighted by Gasteiger charge is 2.12. The number of phenolic OH excluding ortho intramolecular Hbond substituents is 1. The fraction of sp³-hybridized carbons (Fsp3) is 0.273. The minimum Gasteiger partial charge on any atom is -0.508 e. The zero-order valence-corrected chi connectivity index (χ0v) is 8.99. The quantitative estimate of drug-likeness (QED) is 0.663. The molecule has 5 nitrogen and oxygen atoms in total. The Morgan fingerprint density at radius 2 is 2.06 bits per heavy atom. The number of amides is 2. The first-order valence-electron chi connectivity index (χ1n) is 5.01. The maximum absolute atomic E-state index is 11.3. The lowest BCUT2D eigenvalue weighted by atomic mass is 10.3. The van der Waals surface area contributed by atoms with Gasteiger partial charge in [0.2, 0.25) is 0 Å². The van der Waals surface area contributed by atoms with Gasteiger partial charge < -0.3 is 15.7 Å². The second-order valence-electron chi connectivity index (χ2n) is 3.26. The van der Waals surface area contributed by atoms with E-state index in [9.17, 15) is 9.59 Å². The van der Waals surface area contributed by atoms with Crippen LogP contribution in [0.2, 0.25) is 0 Å². The van der Waals surface area contributed by atoms with Crippen molar-refractivity contribution in [2.75, 3.05) is 11.9 Å². The van der Waals surface area contributed by atoms with E-state index in [-0.39, 0.29) is 5.75 Å². The molecule has 0 aliphatic carbocycles. The van der Waals surface area contributed by atoms with E-state index in [0.717, 1.165) is 6.42 Å².